The average molecular weight is 311 g/mol. The average Bonchev–Trinajstić information content (AvgIpc) is 2.75. The van der Waals surface area contributed by atoms with Crippen molar-refractivity contribution in [3.8, 4) is 0 Å². The first-order valence-corrected chi connectivity index (χ1v) is 6.67. The lowest BCUT2D eigenvalue weighted by Gasteiger charge is -2.17. The Morgan fingerprint density at radius 1 is 1.44 bits per heavy atom. The normalized spacial score (nSPS) is 18.8. The number of amides is 2. The molecule has 0 spiro atoms. The Morgan fingerprint density at radius 3 is 2.89 bits per heavy atom. The van der Waals surface area contributed by atoms with Crippen LogP contribution in [0.15, 0.2) is 28.7 Å². The Labute approximate surface area is 114 Å². The molecule has 1 N–H and O–H groups in total. The molecule has 5 heteroatoms. The van der Waals surface area contributed by atoms with Gasteiger partial charge in [0.2, 0.25) is 5.91 Å². The summed E-state index contributed by atoms with van der Waals surface area (Å²) in [6.45, 7) is 2.78. The Morgan fingerprint density at radius 2 is 2.22 bits per heavy atom. The number of hydrogen-bond donors (Lipinski definition) is 1. The second kappa shape index (κ2) is 5.52. The van der Waals surface area contributed by atoms with Gasteiger partial charge in [-0.15, -0.1) is 0 Å². The number of nitrogens with one attached hydrogen (secondary N) is 1. The van der Waals surface area contributed by atoms with Crippen LogP contribution in [-0.4, -0.2) is 35.8 Å². The summed E-state index contributed by atoms with van der Waals surface area (Å²) in [4.78, 5) is 25.0. The molecule has 0 saturated carbocycles. The van der Waals surface area contributed by atoms with Crippen LogP contribution in [0.1, 0.15) is 23.7 Å². The van der Waals surface area contributed by atoms with E-state index in [4.69, 9.17) is 0 Å². The summed E-state index contributed by atoms with van der Waals surface area (Å²) in [5.41, 5.74) is 0.674. The molecule has 1 heterocycles. The first-order valence-electron chi connectivity index (χ1n) is 5.88. The van der Waals surface area contributed by atoms with Crippen molar-refractivity contribution in [1.82, 2.24) is 10.2 Å². The summed E-state index contributed by atoms with van der Waals surface area (Å²) in [6.07, 6.45) is 0.819. The maximum absolute atomic E-state index is 12.2. The third-order valence-electron chi connectivity index (χ3n) is 2.95. The smallest absolute Gasteiger partial charge is 0.253 e. The fourth-order valence-corrected chi connectivity index (χ4v) is 2.55. The van der Waals surface area contributed by atoms with Crippen LogP contribution >= 0.6 is 15.9 Å². The van der Waals surface area contributed by atoms with Gasteiger partial charge in [0.25, 0.3) is 5.91 Å². The number of rotatable bonds is 2. The minimum absolute atomic E-state index is 0.0177. The third kappa shape index (κ3) is 3.10. The van der Waals surface area contributed by atoms with Crippen LogP contribution in [0.3, 0.4) is 0 Å². The zero-order valence-electron chi connectivity index (χ0n) is 10.1. The van der Waals surface area contributed by atoms with Gasteiger partial charge >= 0.3 is 0 Å². The largest absolute Gasteiger partial charge is 0.352 e. The lowest BCUT2D eigenvalue weighted by molar-refractivity contribution is -0.119. The highest BCUT2D eigenvalue weighted by Gasteiger charge is 2.27. The fraction of sp³-hybridized carbons (Fsp3) is 0.385. The van der Waals surface area contributed by atoms with E-state index in [1.807, 2.05) is 18.2 Å². The highest BCUT2D eigenvalue weighted by molar-refractivity contribution is 9.10. The Balaban J connectivity index is 2.01. The lowest BCUT2D eigenvalue weighted by atomic mass is 10.2. The van der Waals surface area contributed by atoms with E-state index in [9.17, 15) is 9.59 Å². The van der Waals surface area contributed by atoms with Crippen molar-refractivity contribution in [3.05, 3.63) is 34.3 Å². The second-order valence-corrected chi connectivity index (χ2v) is 5.36. The van der Waals surface area contributed by atoms with Gasteiger partial charge in [0, 0.05) is 36.1 Å². The molecule has 0 aliphatic carbocycles. The second-order valence-electron chi connectivity index (χ2n) is 4.45. The van der Waals surface area contributed by atoms with E-state index >= 15 is 0 Å². The quantitative estimate of drug-likeness (QED) is 0.905. The molecule has 96 valence electrons. The monoisotopic (exact) mass is 310 g/mol. The molecular formula is C13H15BrN2O2. The number of likely N-dealkylation sites (tertiary alicyclic amines) is 1. The van der Waals surface area contributed by atoms with Gasteiger partial charge in [0.05, 0.1) is 0 Å². The van der Waals surface area contributed by atoms with Crippen molar-refractivity contribution in [3.63, 3.8) is 0 Å². The van der Waals surface area contributed by atoms with Gasteiger partial charge in [-0.1, -0.05) is 22.0 Å². The molecule has 1 aliphatic heterocycles. The van der Waals surface area contributed by atoms with E-state index in [-0.39, 0.29) is 17.9 Å². The standard InChI is InChI=1S/C13H15BrN2O2/c1-9(17)15-12-5-6-16(8-12)13(18)10-3-2-4-11(14)7-10/h2-4,7,12H,5-6,8H2,1H3,(H,15,17). The first-order chi connectivity index (χ1) is 8.56. The number of carbonyl (C=O) groups excluding carboxylic acids is 2. The van der Waals surface area contributed by atoms with Gasteiger partial charge in [-0.25, -0.2) is 0 Å². The van der Waals surface area contributed by atoms with Crippen molar-refractivity contribution in [2.24, 2.45) is 0 Å². The van der Waals surface area contributed by atoms with Gasteiger partial charge in [-0.3, -0.25) is 9.59 Å². The summed E-state index contributed by atoms with van der Waals surface area (Å²) in [6, 6.07) is 7.44. The van der Waals surface area contributed by atoms with Gasteiger partial charge in [0.1, 0.15) is 0 Å². The zero-order valence-corrected chi connectivity index (χ0v) is 11.7. The number of hydrogen-bond acceptors (Lipinski definition) is 2. The maximum atomic E-state index is 12.2. The molecule has 1 aliphatic rings. The number of nitrogens with zero attached hydrogens (tertiary/aromatic N) is 1. The topological polar surface area (TPSA) is 49.4 Å². The highest BCUT2D eigenvalue weighted by atomic mass is 79.9. The molecule has 0 bridgehead atoms. The molecule has 0 radical (unpaired) electrons. The number of benzene rings is 1. The Kier molecular flexibility index (Phi) is 4.01. The van der Waals surface area contributed by atoms with Crippen LogP contribution in [0.2, 0.25) is 0 Å². The predicted molar refractivity (Wildman–Crippen MR) is 72.3 cm³/mol. The molecule has 4 nitrogen and oxygen atoms in total. The summed E-state index contributed by atoms with van der Waals surface area (Å²) in [5.74, 6) is -0.0269. The molecule has 0 aromatic heterocycles. The highest BCUT2D eigenvalue weighted by Crippen LogP contribution is 2.17. The molecule has 2 rings (SSSR count). The van der Waals surface area contributed by atoms with Crippen molar-refractivity contribution in [2.75, 3.05) is 13.1 Å². The predicted octanol–water partition coefficient (Wildman–Crippen LogP) is 1.80. The SMILES string of the molecule is CC(=O)NC1CCN(C(=O)c2cccc(Br)c2)C1. The van der Waals surface area contributed by atoms with Crippen LogP contribution in [0.5, 0.6) is 0 Å². The zero-order chi connectivity index (χ0) is 13.1. The van der Waals surface area contributed by atoms with Crippen LogP contribution in [0.4, 0.5) is 0 Å². The Bertz CT molecular complexity index is 476. The summed E-state index contributed by atoms with van der Waals surface area (Å²) >= 11 is 3.36. The summed E-state index contributed by atoms with van der Waals surface area (Å²) in [5, 5.41) is 2.85. The van der Waals surface area contributed by atoms with Crippen molar-refractivity contribution >= 4 is 27.7 Å². The molecule has 1 aromatic carbocycles. The van der Waals surface area contributed by atoms with Gasteiger partial charge in [0.15, 0.2) is 0 Å². The van der Waals surface area contributed by atoms with E-state index < -0.39 is 0 Å². The van der Waals surface area contributed by atoms with Crippen LogP contribution in [-0.2, 0) is 4.79 Å². The van der Waals surface area contributed by atoms with E-state index in [1.165, 1.54) is 6.92 Å². The van der Waals surface area contributed by atoms with E-state index in [1.54, 1.807) is 11.0 Å². The van der Waals surface area contributed by atoms with Gasteiger partial charge < -0.3 is 10.2 Å². The molecule has 1 unspecified atom stereocenters. The maximum Gasteiger partial charge on any atom is 0.253 e. The molecule has 1 atom stereocenters. The molecule has 1 fully saturated rings. The number of halogens is 1. The van der Waals surface area contributed by atoms with Crippen LogP contribution in [0.25, 0.3) is 0 Å². The molecule has 2 amide bonds. The van der Waals surface area contributed by atoms with Crippen molar-refractivity contribution < 1.29 is 9.59 Å². The van der Waals surface area contributed by atoms with E-state index in [0.717, 1.165) is 10.9 Å². The van der Waals surface area contributed by atoms with E-state index in [2.05, 4.69) is 21.2 Å². The molecular weight excluding hydrogens is 296 g/mol. The fourth-order valence-electron chi connectivity index (χ4n) is 2.15. The van der Waals surface area contributed by atoms with E-state index in [0.29, 0.717) is 18.7 Å². The van der Waals surface area contributed by atoms with Crippen LogP contribution < -0.4 is 5.32 Å². The minimum Gasteiger partial charge on any atom is -0.352 e. The number of carbonyl (C=O) groups is 2. The van der Waals surface area contributed by atoms with Gasteiger partial charge in [-0.05, 0) is 24.6 Å². The van der Waals surface area contributed by atoms with Crippen LogP contribution in [0, 0.1) is 0 Å². The Hall–Kier alpha value is -1.36. The molecule has 18 heavy (non-hydrogen) atoms. The first kappa shape index (κ1) is 13.1. The molecule has 1 aromatic rings. The van der Waals surface area contributed by atoms with Crippen molar-refractivity contribution in [2.45, 2.75) is 19.4 Å². The van der Waals surface area contributed by atoms with Gasteiger partial charge in [-0.2, -0.15) is 0 Å². The summed E-state index contributed by atoms with van der Waals surface area (Å²) in [7, 11) is 0. The molecule has 1 saturated heterocycles. The van der Waals surface area contributed by atoms with Crippen molar-refractivity contribution in [1.29, 1.82) is 0 Å². The third-order valence-corrected chi connectivity index (χ3v) is 3.45. The lowest BCUT2D eigenvalue weighted by Crippen LogP contribution is -2.37. The summed E-state index contributed by atoms with van der Waals surface area (Å²) < 4.78 is 0.894. The minimum atomic E-state index is -0.0447.